The Morgan fingerprint density at radius 3 is 2.22 bits per heavy atom. The summed E-state index contributed by atoms with van der Waals surface area (Å²) < 4.78 is 13.0. The molecule has 3 nitrogen and oxygen atoms in total. The van der Waals surface area contributed by atoms with Crippen LogP contribution in [0.3, 0.4) is 0 Å². The molecule has 0 aromatic heterocycles. The van der Waals surface area contributed by atoms with Gasteiger partial charge in [-0.25, -0.2) is 4.39 Å². The van der Waals surface area contributed by atoms with Crippen molar-refractivity contribution in [2.45, 2.75) is 32.5 Å². The Labute approximate surface area is 136 Å². The number of benzene rings is 2. The standard InChI is InChI=1S/C19H21FN2O/c1-14(2)22(12-16-5-3-15(11-21)4-6-16)13-19(23)17-7-9-18(20)10-8-17/h3-10,14,19,23H,12-13H2,1-2H3. The number of hydrogen-bond donors (Lipinski definition) is 1. The number of aliphatic hydroxyl groups excluding tert-OH is 1. The van der Waals surface area contributed by atoms with Gasteiger partial charge in [0.05, 0.1) is 17.7 Å². The lowest BCUT2D eigenvalue weighted by molar-refractivity contribution is 0.0907. The molecule has 1 unspecified atom stereocenters. The Hall–Kier alpha value is -2.22. The van der Waals surface area contributed by atoms with Gasteiger partial charge in [0, 0.05) is 19.1 Å². The Bertz CT molecular complexity index is 659. The molecule has 4 heteroatoms. The Morgan fingerprint density at radius 1 is 1.09 bits per heavy atom. The summed E-state index contributed by atoms with van der Waals surface area (Å²) in [6.07, 6.45) is -0.670. The topological polar surface area (TPSA) is 47.3 Å². The molecule has 120 valence electrons. The number of nitriles is 1. The molecule has 0 amide bonds. The molecule has 0 bridgehead atoms. The molecule has 1 N–H and O–H groups in total. The van der Waals surface area contributed by atoms with Crippen LogP contribution in [0.25, 0.3) is 0 Å². The summed E-state index contributed by atoms with van der Waals surface area (Å²) in [4.78, 5) is 2.15. The zero-order valence-electron chi connectivity index (χ0n) is 13.4. The summed E-state index contributed by atoms with van der Waals surface area (Å²) in [6.45, 7) is 5.28. The van der Waals surface area contributed by atoms with Gasteiger partial charge in [-0.2, -0.15) is 5.26 Å². The number of hydrogen-bond acceptors (Lipinski definition) is 3. The third-order valence-electron chi connectivity index (χ3n) is 3.86. The Kier molecular flexibility index (Phi) is 5.86. The van der Waals surface area contributed by atoms with Crippen molar-refractivity contribution in [3.8, 4) is 6.07 Å². The van der Waals surface area contributed by atoms with Crippen molar-refractivity contribution in [3.05, 3.63) is 71.0 Å². The minimum absolute atomic E-state index is 0.251. The molecule has 2 aromatic carbocycles. The minimum Gasteiger partial charge on any atom is -0.387 e. The van der Waals surface area contributed by atoms with Crippen LogP contribution in [-0.4, -0.2) is 22.6 Å². The highest BCUT2D eigenvalue weighted by atomic mass is 19.1. The van der Waals surface area contributed by atoms with E-state index in [1.807, 2.05) is 12.1 Å². The second kappa shape index (κ2) is 7.87. The van der Waals surface area contributed by atoms with E-state index in [-0.39, 0.29) is 11.9 Å². The number of aliphatic hydroxyl groups is 1. The van der Waals surface area contributed by atoms with Crippen molar-refractivity contribution in [2.24, 2.45) is 0 Å². The van der Waals surface area contributed by atoms with Gasteiger partial charge in [0.15, 0.2) is 0 Å². The monoisotopic (exact) mass is 312 g/mol. The van der Waals surface area contributed by atoms with Gasteiger partial charge in [0.1, 0.15) is 5.82 Å². The molecule has 1 atom stereocenters. The Morgan fingerprint density at radius 2 is 1.70 bits per heavy atom. The molecule has 0 heterocycles. The van der Waals surface area contributed by atoms with Crippen molar-refractivity contribution in [2.75, 3.05) is 6.54 Å². The van der Waals surface area contributed by atoms with E-state index in [9.17, 15) is 9.50 Å². The van der Waals surface area contributed by atoms with E-state index < -0.39 is 6.10 Å². The molecular weight excluding hydrogens is 291 g/mol. The second-order valence-corrected chi connectivity index (χ2v) is 5.90. The first-order valence-corrected chi connectivity index (χ1v) is 7.66. The summed E-state index contributed by atoms with van der Waals surface area (Å²) >= 11 is 0. The predicted octanol–water partition coefficient (Wildman–Crippen LogP) is 3.64. The molecule has 0 aliphatic carbocycles. The fourth-order valence-electron chi connectivity index (χ4n) is 2.39. The SMILES string of the molecule is CC(C)N(Cc1ccc(C#N)cc1)CC(O)c1ccc(F)cc1. The first-order valence-electron chi connectivity index (χ1n) is 7.66. The maximum atomic E-state index is 13.0. The van der Waals surface area contributed by atoms with Crippen LogP contribution in [0, 0.1) is 17.1 Å². The summed E-state index contributed by atoms with van der Waals surface area (Å²) in [5.41, 5.74) is 2.43. The first kappa shape index (κ1) is 17.1. The van der Waals surface area contributed by atoms with Gasteiger partial charge in [0.25, 0.3) is 0 Å². The molecule has 0 saturated heterocycles. The smallest absolute Gasteiger partial charge is 0.123 e. The largest absolute Gasteiger partial charge is 0.387 e. The molecule has 0 aliphatic rings. The summed E-state index contributed by atoms with van der Waals surface area (Å²) in [6, 6.07) is 15.7. The van der Waals surface area contributed by atoms with E-state index in [0.29, 0.717) is 24.2 Å². The molecule has 0 saturated carbocycles. The first-order chi connectivity index (χ1) is 11.0. The number of nitrogens with zero attached hydrogens (tertiary/aromatic N) is 2. The third kappa shape index (κ3) is 4.88. The van der Waals surface area contributed by atoms with Crippen LogP contribution >= 0.6 is 0 Å². The van der Waals surface area contributed by atoms with Gasteiger partial charge in [-0.3, -0.25) is 4.90 Å². The average molecular weight is 312 g/mol. The van der Waals surface area contributed by atoms with Gasteiger partial charge in [0.2, 0.25) is 0 Å². The molecule has 0 fully saturated rings. The predicted molar refractivity (Wildman–Crippen MR) is 88.1 cm³/mol. The molecule has 23 heavy (non-hydrogen) atoms. The van der Waals surface area contributed by atoms with Gasteiger partial charge in [-0.05, 0) is 49.2 Å². The van der Waals surface area contributed by atoms with Crippen molar-refractivity contribution >= 4 is 0 Å². The van der Waals surface area contributed by atoms with Gasteiger partial charge >= 0.3 is 0 Å². The molecule has 0 spiro atoms. The second-order valence-electron chi connectivity index (χ2n) is 5.90. The van der Waals surface area contributed by atoms with E-state index >= 15 is 0 Å². The maximum absolute atomic E-state index is 13.0. The fourth-order valence-corrected chi connectivity index (χ4v) is 2.39. The van der Waals surface area contributed by atoms with Crippen LogP contribution in [0.15, 0.2) is 48.5 Å². The average Bonchev–Trinajstić information content (AvgIpc) is 2.55. The number of halogens is 1. The van der Waals surface area contributed by atoms with Gasteiger partial charge < -0.3 is 5.11 Å². The van der Waals surface area contributed by atoms with Crippen LogP contribution in [-0.2, 0) is 6.54 Å². The van der Waals surface area contributed by atoms with Crippen molar-refractivity contribution in [1.29, 1.82) is 5.26 Å². The minimum atomic E-state index is -0.670. The summed E-state index contributed by atoms with van der Waals surface area (Å²) in [5, 5.41) is 19.2. The Balaban J connectivity index is 2.05. The molecule has 2 aromatic rings. The summed E-state index contributed by atoms with van der Waals surface area (Å²) in [5.74, 6) is -0.306. The van der Waals surface area contributed by atoms with E-state index in [4.69, 9.17) is 5.26 Å². The van der Waals surface area contributed by atoms with E-state index in [1.165, 1.54) is 12.1 Å². The van der Waals surface area contributed by atoms with Crippen LogP contribution in [0.5, 0.6) is 0 Å². The lowest BCUT2D eigenvalue weighted by Crippen LogP contribution is -2.34. The van der Waals surface area contributed by atoms with Gasteiger partial charge in [-0.15, -0.1) is 0 Å². The zero-order chi connectivity index (χ0) is 16.8. The van der Waals surface area contributed by atoms with E-state index in [1.54, 1.807) is 24.3 Å². The third-order valence-corrected chi connectivity index (χ3v) is 3.86. The highest BCUT2D eigenvalue weighted by Crippen LogP contribution is 2.18. The van der Waals surface area contributed by atoms with Crippen molar-refractivity contribution in [3.63, 3.8) is 0 Å². The quantitative estimate of drug-likeness (QED) is 0.886. The highest BCUT2D eigenvalue weighted by Gasteiger charge is 2.16. The molecule has 2 rings (SSSR count). The van der Waals surface area contributed by atoms with E-state index in [0.717, 1.165) is 5.56 Å². The molecule has 0 radical (unpaired) electrons. The highest BCUT2D eigenvalue weighted by molar-refractivity contribution is 5.31. The molecular formula is C19H21FN2O. The lowest BCUT2D eigenvalue weighted by Gasteiger charge is -2.29. The zero-order valence-corrected chi connectivity index (χ0v) is 13.4. The lowest BCUT2D eigenvalue weighted by atomic mass is 10.1. The van der Waals surface area contributed by atoms with E-state index in [2.05, 4.69) is 24.8 Å². The molecule has 0 aliphatic heterocycles. The van der Waals surface area contributed by atoms with Crippen LogP contribution in [0.2, 0.25) is 0 Å². The van der Waals surface area contributed by atoms with Crippen LogP contribution in [0.1, 0.15) is 36.6 Å². The fraction of sp³-hybridized carbons (Fsp3) is 0.316. The van der Waals surface area contributed by atoms with Gasteiger partial charge in [-0.1, -0.05) is 24.3 Å². The van der Waals surface area contributed by atoms with Crippen LogP contribution < -0.4 is 0 Å². The van der Waals surface area contributed by atoms with Crippen molar-refractivity contribution < 1.29 is 9.50 Å². The normalized spacial score (nSPS) is 12.4. The summed E-state index contributed by atoms with van der Waals surface area (Å²) in [7, 11) is 0. The number of rotatable bonds is 6. The maximum Gasteiger partial charge on any atom is 0.123 e. The van der Waals surface area contributed by atoms with Crippen LogP contribution in [0.4, 0.5) is 4.39 Å². The van der Waals surface area contributed by atoms with Crippen molar-refractivity contribution in [1.82, 2.24) is 4.90 Å².